The summed E-state index contributed by atoms with van der Waals surface area (Å²) in [5, 5.41) is 15.5. The minimum atomic E-state index is -0.163. The van der Waals surface area contributed by atoms with Crippen LogP contribution in [0.4, 0.5) is 0 Å². The lowest BCUT2D eigenvalue weighted by Gasteiger charge is -2.14. The van der Waals surface area contributed by atoms with Crippen molar-refractivity contribution in [3.8, 4) is 11.4 Å². The van der Waals surface area contributed by atoms with Crippen molar-refractivity contribution in [2.75, 3.05) is 6.61 Å². The fraction of sp³-hybridized carbons (Fsp3) is 0.381. The Morgan fingerprint density at radius 2 is 2.12 bits per heavy atom. The molecule has 8 nitrogen and oxygen atoms in total. The maximum absolute atomic E-state index is 12.5. The van der Waals surface area contributed by atoms with Crippen LogP contribution in [0.3, 0.4) is 0 Å². The first kappa shape index (κ1) is 21.6. The van der Waals surface area contributed by atoms with Crippen LogP contribution in [0.5, 0.6) is 0 Å². The van der Waals surface area contributed by atoms with Crippen molar-refractivity contribution in [1.82, 2.24) is 29.4 Å². The first-order valence-corrected chi connectivity index (χ1v) is 12.6. The number of thioether (sulfide) groups is 1. The molecule has 1 atom stereocenters. The van der Waals surface area contributed by atoms with Crippen LogP contribution in [0.15, 0.2) is 40.3 Å². The van der Waals surface area contributed by atoms with Crippen molar-refractivity contribution in [1.29, 1.82) is 0 Å². The highest BCUT2D eigenvalue weighted by Crippen LogP contribution is 2.29. The van der Waals surface area contributed by atoms with E-state index < -0.39 is 0 Å². The van der Waals surface area contributed by atoms with Crippen LogP contribution in [0.2, 0.25) is 5.02 Å². The predicted octanol–water partition coefficient (Wildman–Crippen LogP) is 4.10. The molecule has 1 fully saturated rings. The van der Waals surface area contributed by atoms with E-state index in [0.29, 0.717) is 28.0 Å². The molecule has 166 valence electrons. The van der Waals surface area contributed by atoms with Gasteiger partial charge in [-0.15, -0.1) is 10.2 Å². The fourth-order valence-corrected chi connectivity index (χ4v) is 5.44. The van der Waals surface area contributed by atoms with E-state index in [0.717, 1.165) is 47.4 Å². The molecule has 0 saturated carbocycles. The molecule has 1 saturated heterocycles. The quantitative estimate of drug-likeness (QED) is 0.362. The van der Waals surface area contributed by atoms with Gasteiger partial charge in [0.2, 0.25) is 4.96 Å². The molecule has 1 aliphatic rings. The second-order valence-electron chi connectivity index (χ2n) is 7.48. The summed E-state index contributed by atoms with van der Waals surface area (Å²) in [5.41, 5.74) is 1.48. The smallest absolute Gasteiger partial charge is 0.275 e. The van der Waals surface area contributed by atoms with E-state index >= 15 is 0 Å². The molecular weight excluding hydrogens is 468 g/mol. The van der Waals surface area contributed by atoms with Gasteiger partial charge in [0.1, 0.15) is 5.01 Å². The molecule has 1 aromatic carbocycles. The lowest BCUT2D eigenvalue weighted by Crippen LogP contribution is -2.17. The number of hydrogen-bond donors (Lipinski definition) is 0. The van der Waals surface area contributed by atoms with Crippen molar-refractivity contribution >= 4 is 39.7 Å². The largest absolute Gasteiger partial charge is 0.376 e. The van der Waals surface area contributed by atoms with E-state index in [9.17, 15) is 4.79 Å². The monoisotopic (exact) mass is 488 g/mol. The van der Waals surface area contributed by atoms with Crippen molar-refractivity contribution in [2.45, 2.75) is 49.7 Å². The predicted molar refractivity (Wildman–Crippen MR) is 126 cm³/mol. The molecule has 3 aromatic heterocycles. The van der Waals surface area contributed by atoms with Gasteiger partial charge in [-0.05, 0) is 43.5 Å². The Bertz CT molecular complexity index is 1290. The molecule has 0 spiro atoms. The number of aromatic nitrogens is 6. The second kappa shape index (κ2) is 9.30. The number of benzene rings is 1. The Labute approximate surface area is 197 Å². The molecule has 0 radical (unpaired) electrons. The van der Waals surface area contributed by atoms with Gasteiger partial charge in [-0.2, -0.15) is 9.61 Å². The third-order valence-electron chi connectivity index (χ3n) is 5.22. The Morgan fingerprint density at radius 1 is 1.28 bits per heavy atom. The molecule has 32 heavy (non-hydrogen) atoms. The zero-order chi connectivity index (χ0) is 22.1. The van der Waals surface area contributed by atoms with E-state index in [-0.39, 0.29) is 11.7 Å². The Hall–Kier alpha value is -2.27. The van der Waals surface area contributed by atoms with Gasteiger partial charge in [-0.1, -0.05) is 41.6 Å². The molecule has 0 aliphatic carbocycles. The summed E-state index contributed by atoms with van der Waals surface area (Å²) in [6.45, 7) is 3.48. The molecule has 0 bridgehead atoms. The number of fused-ring (bicyclic) bond motifs is 1. The van der Waals surface area contributed by atoms with Crippen molar-refractivity contribution < 1.29 is 4.74 Å². The molecule has 0 amide bonds. The highest BCUT2D eigenvalue weighted by Gasteiger charge is 2.22. The van der Waals surface area contributed by atoms with Gasteiger partial charge in [0.15, 0.2) is 11.0 Å². The van der Waals surface area contributed by atoms with Gasteiger partial charge in [0, 0.05) is 29.0 Å². The number of aryl methyl sites for hydroxylation is 1. The van der Waals surface area contributed by atoms with Crippen LogP contribution in [0.25, 0.3) is 16.3 Å². The Balaban J connectivity index is 1.43. The van der Waals surface area contributed by atoms with Gasteiger partial charge >= 0.3 is 0 Å². The van der Waals surface area contributed by atoms with E-state index in [4.69, 9.17) is 16.3 Å². The highest BCUT2D eigenvalue weighted by atomic mass is 35.5. The van der Waals surface area contributed by atoms with E-state index in [1.165, 1.54) is 27.6 Å². The lowest BCUT2D eigenvalue weighted by atomic mass is 10.2. The maximum Gasteiger partial charge on any atom is 0.275 e. The number of ether oxygens (including phenoxy) is 1. The minimum absolute atomic E-state index is 0.139. The summed E-state index contributed by atoms with van der Waals surface area (Å²) in [6.07, 6.45) is 2.99. The first-order chi connectivity index (χ1) is 15.6. The standard InChI is InChI=1S/C21H21ClN6O2S2/c1-2-17-26-28-18(29)10-15(23-20(28)32-17)12-31-21-25-24-19(13-5-7-14(22)8-6-13)27(21)11-16-4-3-9-30-16/h5-8,10,16H,2-4,9,11-12H2,1H3/t16-/m0/s1. The molecule has 0 unspecified atom stereocenters. The SMILES string of the molecule is CCc1nn2c(=O)cc(CSc3nnc(-c4ccc(Cl)cc4)n3C[C@@H]3CCCO3)nc2s1. The van der Waals surface area contributed by atoms with Crippen LogP contribution < -0.4 is 5.56 Å². The molecule has 5 rings (SSSR count). The topological polar surface area (TPSA) is 87.2 Å². The number of rotatable bonds is 7. The Kier molecular flexibility index (Phi) is 6.27. The van der Waals surface area contributed by atoms with Gasteiger partial charge < -0.3 is 4.74 Å². The molecule has 11 heteroatoms. The molecule has 4 heterocycles. The number of nitrogens with zero attached hydrogens (tertiary/aromatic N) is 6. The van der Waals surface area contributed by atoms with Gasteiger partial charge in [0.05, 0.1) is 18.3 Å². The molecule has 0 N–H and O–H groups in total. The van der Waals surface area contributed by atoms with E-state index in [1.54, 1.807) is 6.07 Å². The third kappa shape index (κ3) is 4.45. The van der Waals surface area contributed by atoms with Gasteiger partial charge in [-0.3, -0.25) is 9.36 Å². The second-order valence-corrected chi connectivity index (χ2v) is 9.90. The van der Waals surface area contributed by atoms with Crippen LogP contribution >= 0.6 is 34.7 Å². The summed E-state index contributed by atoms with van der Waals surface area (Å²) < 4.78 is 9.33. The van der Waals surface area contributed by atoms with Crippen LogP contribution in [-0.2, 0) is 23.5 Å². The van der Waals surface area contributed by atoms with Crippen molar-refractivity contribution in [2.24, 2.45) is 0 Å². The first-order valence-electron chi connectivity index (χ1n) is 10.4. The average molecular weight is 489 g/mol. The molecular formula is C21H21ClN6O2S2. The summed E-state index contributed by atoms with van der Waals surface area (Å²) in [5.74, 6) is 1.29. The summed E-state index contributed by atoms with van der Waals surface area (Å²) >= 11 is 9.02. The fourth-order valence-electron chi connectivity index (χ4n) is 3.62. The lowest BCUT2D eigenvalue weighted by molar-refractivity contribution is 0.0953. The summed E-state index contributed by atoms with van der Waals surface area (Å²) in [7, 11) is 0. The van der Waals surface area contributed by atoms with E-state index in [2.05, 4.69) is 24.8 Å². The summed E-state index contributed by atoms with van der Waals surface area (Å²) in [6, 6.07) is 9.12. The number of hydrogen-bond acceptors (Lipinski definition) is 8. The molecule has 4 aromatic rings. The number of halogens is 1. The zero-order valence-corrected chi connectivity index (χ0v) is 19.8. The Morgan fingerprint density at radius 3 is 2.88 bits per heavy atom. The summed E-state index contributed by atoms with van der Waals surface area (Å²) in [4.78, 5) is 17.7. The zero-order valence-electron chi connectivity index (χ0n) is 17.4. The average Bonchev–Trinajstić information content (AvgIpc) is 3.53. The third-order valence-corrected chi connectivity index (χ3v) is 7.53. The van der Waals surface area contributed by atoms with Crippen LogP contribution in [0, 0.1) is 0 Å². The van der Waals surface area contributed by atoms with Crippen molar-refractivity contribution in [3.05, 3.63) is 56.4 Å². The van der Waals surface area contributed by atoms with E-state index in [1.807, 2.05) is 31.2 Å². The normalized spacial score (nSPS) is 16.2. The van der Waals surface area contributed by atoms with Crippen molar-refractivity contribution in [3.63, 3.8) is 0 Å². The minimum Gasteiger partial charge on any atom is -0.376 e. The van der Waals surface area contributed by atoms with Crippen LogP contribution in [-0.4, -0.2) is 42.1 Å². The molecule has 1 aliphatic heterocycles. The van der Waals surface area contributed by atoms with Gasteiger partial charge in [0.25, 0.3) is 5.56 Å². The maximum atomic E-state index is 12.5. The van der Waals surface area contributed by atoms with Crippen LogP contribution in [0.1, 0.15) is 30.5 Å². The highest BCUT2D eigenvalue weighted by molar-refractivity contribution is 7.98. The van der Waals surface area contributed by atoms with Gasteiger partial charge in [-0.25, -0.2) is 4.98 Å².